The Hall–Kier alpha value is -1.29. The van der Waals surface area contributed by atoms with Crippen LogP contribution in [0.5, 0.6) is 0 Å². The smallest absolute Gasteiger partial charge is 0.267 e. The number of piperidine rings is 1. The molecule has 2 heterocycles. The summed E-state index contributed by atoms with van der Waals surface area (Å²) in [5, 5.41) is 6.50. The molecule has 18 heavy (non-hydrogen) atoms. The first-order valence-corrected chi connectivity index (χ1v) is 7.03. The standard InChI is InChI=1S/C14H21N3O/c18-14(16-10-11-4-1-2-8-15-11)13-5-3-9-17(13)12-6-7-12/h3,5,9,11-12,15H,1-2,4,6-8,10H2,(H,16,18). The van der Waals surface area contributed by atoms with Crippen molar-refractivity contribution in [3.8, 4) is 0 Å². The predicted octanol–water partition coefficient (Wildman–Crippen LogP) is 1.69. The minimum Gasteiger partial charge on any atom is -0.349 e. The molecule has 2 N–H and O–H groups in total. The summed E-state index contributed by atoms with van der Waals surface area (Å²) in [5.74, 6) is 0.0688. The van der Waals surface area contributed by atoms with Crippen molar-refractivity contribution in [3.63, 3.8) is 0 Å². The molecule has 1 aromatic rings. The minimum atomic E-state index is 0.0688. The van der Waals surface area contributed by atoms with Crippen LogP contribution in [0, 0.1) is 0 Å². The van der Waals surface area contributed by atoms with Crippen molar-refractivity contribution in [1.29, 1.82) is 0 Å². The van der Waals surface area contributed by atoms with Gasteiger partial charge < -0.3 is 15.2 Å². The van der Waals surface area contributed by atoms with E-state index in [0.29, 0.717) is 12.1 Å². The quantitative estimate of drug-likeness (QED) is 0.850. The van der Waals surface area contributed by atoms with Crippen molar-refractivity contribution in [1.82, 2.24) is 15.2 Å². The zero-order valence-corrected chi connectivity index (χ0v) is 10.7. The highest BCUT2D eigenvalue weighted by atomic mass is 16.1. The van der Waals surface area contributed by atoms with Gasteiger partial charge in [0.1, 0.15) is 5.69 Å². The predicted molar refractivity (Wildman–Crippen MR) is 70.7 cm³/mol. The fourth-order valence-corrected chi connectivity index (χ4v) is 2.66. The number of rotatable bonds is 4. The third-order valence-electron chi connectivity index (χ3n) is 3.87. The van der Waals surface area contributed by atoms with Gasteiger partial charge in [0.2, 0.25) is 0 Å². The van der Waals surface area contributed by atoms with Crippen LogP contribution >= 0.6 is 0 Å². The van der Waals surface area contributed by atoms with Crippen LogP contribution < -0.4 is 10.6 Å². The molecule has 1 amide bonds. The van der Waals surface area contributed by atoms with Crippen LogP contribution in [-0.4, -0.2) is 29.6 Å². The molecule has 1 saturated heterocycles. The average molecular weight is 247 g/mol. The molecular formula is C14H21N3O. The van der Waals surface area contributed by atoms with E-state index in [9.17, 15) is 4.79 Å². The summed E-state index contributed by atoms with van der Waals surface area (Å²) in [5.41, 5.74) is 0.813. The molecule has 0 spiro atoms. The summed E-state index contributed by atoms with van der Waals surface area (Å²) in [6, 6.07) is 4.90. The highest BCUT2D eigenvalue weighted by molar-refractivity contribution is 5.92. The summed E-state index contributed by atoms with van der Waals surface area (Å²) >= 11 is 0. The molecule has 1 unspecified atom stereocenters. The first-order valence-electron chi connectivity index (χ1n) is 7.03. The second-order valence-corrected chi connectivity index (χ2v) is 5.39. The first-order chi connectivity index (χ1) is 8.84. The Morgan fingerprint density at radius 2 is 2.28 bits per heavy atom. The van der Waals surface area contributed by atoms with E-state index in [-0.39, 0.29) is 5.91 Å². The Labute approximate surface area is 108 Å². The molecule has 0 radical (unpaired) electrons. The van der Waals surface area contributed by atoms with E-state index in [1.54, 1.807) is 0 Å². The largest absolute Gasteiger partial charge is 0.349 e. The van der Waals surface area contributed by atoms with E-state index in [2.05, 4.69) is 15.2 Å². The molecule has 1 aromatic heterocycles. The van der Waals surface area contributed by atoms with Crippen LogP contribution in [0.2, 0.25) is 0 Å². The second kappa shape index (κ2) is 5.14. The summed E-state index contributed by atoms with van der Waals surface area (Å²) in [7, 11) is 0. The van der Waals surface area contributed by atoms with Gasteiger partial charge in [-0.25, -0.2) is 0 Å². The van der Waals surface area contributed by atoms with E-state index >= 15 is 0 Å². The maximum atomic E-state index is 12.1. The highest BCUT2D eigenvalue weighted by Crippen LogP contribution is 2.35. The number of carbonyl (C=O) groups is 1. The number of carbonyl (C=O) groups excluding carboxylic acids is 1. The van der Waals surface area contributed by atoms with E-state index in [1.165, 1.54) is 32.1 Å². The van der Waals surface area contributed by atoms with Crippen LogP contribution in [0.3, 0.4) is 0 Å². The van der Waals surface area contributed by atoms with Gasteiger partial charge in [0.15, 0.2) is 0 Å². The Kier molecular flexibility index (Phi) is 3.37. The maximum Gasteiger partial charge on any atom is 0.267 e. The fourth-order valence-electron chi connectivity index (χ4n) is 2.66. The lowest BCUT2D eigenvalue weighted by molar-refractivity contribution is 0.0938. The molecule has 0 bridgehead atoms. The lowest BCUT2D eigenvalue weighted by Crippen LogP contribution is -2.43. The molecular weight excluding hydrogens is 226 g/mol. The van der Waals surface area contributed by atoms with E-state index in [0.717, 1.165) is 18.8 Å². The first kappa shape index (κ1) is 11.8. The monoisotopic (exact) mass is 247 g/mol. The van der Waals surface area contributed by atoms with Gasteiger partial charge >= 0.3 is 0 Å². The average Bonchev–Trinajstić information content (AvgIpc) is 3.14. The Morgan fingerprint density at radius 3 is 3.00 bits per heavy atom. The molecule has 2 fully saturated rings. The van der Waals surface area contributed by atoms with Gasteiger partial charge in [-0.1, -0.05) is 6.42 Å². The number of amides is 1. The normalized spacial score (nSPS) is 23.9. The third-order valence-corrected chi connectivity index (χ3v) is 3.87. The lowest BCUT2D eigenvalue weighted by atomic mass is 10.1. The third kappa shape index (κ3) is 2.58. The molecule has 4 heteroatoms. The molecule has 2 aliphatic rings. The van der Waals surface area contributed by atoms with Crippen LogP contribution in [-0.2, 0) is 0 Å². The Bertz CT molecular complexity index is 416. The van der Waals surface area contributed by atoms with Gasteiger partial charge in [0, 0.05) is 24.8 Å². The van der Waals surface area contributed by atoms with E-state index in [4.69, 9.17) is 0 Å². The van der Waals surface area contributed by atoms with Crippen LogP contribution in [0.25, 0.3) is 0 Å². The fraction of sp³-hybridized carbons (Fsp3) is 0.643. The van der Waals surface area contributed by atoms with Crippen LogP contribution in [0.4, 0.5) is 0 Å². The van der Waals surface area contributed by atoms with E-state index in [1.807, 2.05) is 18.3 Å². The van der Waals surface area contributed by atoms with Crippen molar-refractivity contribution < 1.29 is 4.79 Å². The number of nitrogens with zero attached hydrogens (tertiary/aromatic N) is 1. The molecule has 1 aliphatic heterocycles. The summed E-state index contributed by atoms with van der Waals surface area (Å²) in [6.45, 7) is 1.83. The van der Waals surface area contributed by atoms with Crippen molar-refractivity contribution >= 4 is 5.91 Å². The number of aromatic nitrogens is 1. The van der Waals surface area contributed by atoms with Gasteiger partial charge in [-0.15, -0.1) is 0 Å². The summed E-state index contributed by atoms with van der Waals surface area (Å²) in [4.78, 5) is 12.1. The van der Waals surface area contributed by atoms with E-state index < -0.39 is 0 Å². The zero-order chi connectivity index (χ0) is 12.4. The summed E-state index contributed by atoms with van der Waals surface area (Å²) < 4.78 is 2.11. The van der Waals surface area contributed by atoms with Crippen LogP contribution in [0.15, 0.2) is 18.3 Å². The minimum absolute atomic E-state index is 0.0688. The molecule has 1 saturated carbocycles. The Balaban J connectivity index is 1.55. The van der Waals surface area contributed by atoms with Crippen molar-refractivity contribution in [2.24, 2.45) is 0 Å². The van der Waals surface area contributed by atoms with Gasteiger partial charge in [0.05, 0.1) is 0 Å². The number of hydrogen-bond donors (Lipinski definition) is 2. The van der Waals surface area contributed by atoms with Gasteiger partial charge in [-0.05, 0) is 44.4 Å². The lowest BCUT2D eigenvalue weighted by Gasteiger charge is -2.23. The summed E-state index contributed by atoms with van der Waals surface area (Å²) in [6.07, 6.45) is 8.13. The van der Waals surface area contributed by atoms with Gasteiger partial charge in [0.25, 0.3) is 5.91 Å². The molecule has 1 atom stereocenters. The molecule has 1 aliphatic carbocycles. The molecule has 4 nitrogen and oxygen atoms in total. The molecule has 0 aromatic carbocycles. The van der Waals surface area contributed by atoms with Crippen LogP contribution in [0.1, 0.15) is 48.6 Å². The Morgan fingerprint density at radius 1 is 1.39 bits per heavy atom. The van der Waals surface area contributed by atoms with Crippen molar-refractivity contribution in [2.75, 3.05) is 13.1 Å². The molecule has 98 valence electrons. The maximum absolute atomic E-state index is 12.1. The number of nitrogens with one attached hydrogen (secondary N) is 2. The van der Waals surface area contributed by atoms with Crippen molar-refractivity contribution in [2.45, 2.75) is 44.2 Å². The van der Waals surface area contributed by atoms with Crippen molar-refractivity contribution in [3.05, 3.63) is 24.0 Å². The highest BCUT2D eigenvalue weighted by Gasteiger charge is 2.26. The zero-order valence-electron chi connectivity index (χ0n) is 10.7. The van der Waals surface area contributed by atoms with Gasteiger partial charge in [-0.2, -0.15) is 0 Å². The SMILES string of the molecule is O=C(NCC1CCCCN1)c1cccn1C1CC1. The second-order valence-electron chi connectivity index (χ2n) is 5.39. The topological polar surface area (TPSA) is 46.1 Å². The number of hydrogen-bond acceptors (Lipinski definition) is 2. The van der Waals surface area contributed by atoms with Gasteiger partial charge in [-0.3, -0.25) is 4.79 Å². The molecule has 3 rings (SSSR count).